The van der Waals surface area contributed by atoms with Gasteiger partial charge in [-0.05, 0) is 59.2 Å². The standard InChI is InChI=1S/C21H43N7O5/c1-6-25-21(33)17(13(4)29)28-19(31)15(8-10-23)26-18(30)14(7-9-22)27-20(32)16(24-5)11-12(2)3/h12-17,24,29H,6-11,22-23H2,1-5H3,(H,25,33)(H,26,30)(H,27,32)(H,28,31)/t13-,14+,15+,16+,17+/m1/s1. The normalized spacial score (nSPS) is 15.7. The average molecular weight is 474 g/mol. The van der Waals surface area contributed by atoms with E-state index in [1.807, 2.05) is 13.8 Å². The molecule has 12 nitrogen and oxygen atoms in total. The minimum absolute atomic E-state index is 0.0863. The minimum atomic E-state index is -1.19. The van der Waals surface area contributed by atoms with Gasteiger partial charge in [-0.1, -0.05) is 13.8 Å². The molecule has 0 spiro atoms. The first-order valence-corrected chi connectivity index (χ1v) is 11.5. The van der Waals surface area contributed by atoms with Gasteiger partial charge in [0.1, 0.15) is 18.1 Å². The van der Waals surface area contributed by atoms with Gasteiger partial charge < -0.3 is 43.2 Å². The second-order valence-corrected chi connectivity index (χ2v) is 8.37. The van der Waals surface area contributed by atoms with Crippen molar-refractivity contribution in [2.75, 3.05) is 26.7 Å². The number of carbonyl (C=O) groups excluding carboxylic acids is 4. The molecule has 0 fully saturated rings. The molecule has 0 saturated carbocycles. The Morgan fingerprint density at radius 2 is 1.24 bits per heavy atom. The first kappa shape index (κ1) is 30.7. The van der Waals surface area contributed by atoms with Crippen molar-refractivity contribution < 1.29 is 24.3 Å². The lowest BCUT2D eigenvalue weighted by Crippen LogP contribution is -2.60. The van der Waals surface area contributed by atoms with E-state index in [-0.39, 0.29) is 37.8 Å². The summed E-state index contributed by atoms with van der Waals surface area (Å²) in [5, 5.41) is 23.1. The van der Waals surface area contributed by atoms with Gasteiger partial charge in [0.2, 0.25) is 23.6 Å². The maximum absolute atomic E-state index is 12.9. The van der Waals surface area contributed by atoms with E-state index in [9.17, 15) is 24.3 Å². The van der Waals surface area contributed by atoms with Crippen molar-refractivity contribution in [1.82, 2.24) is 26.6 Å². The number of nitrogens with one attached hydrogen (secondary N) is 5. The molecular formula is C21H43N7O5. The number of likely N-dealkylation sites (N-methyl/N-ethyl adjacent to an activating group) is 2. The molecule has 0 saturated heterocycles. The lowest BCUT2D eigenvalue weighted by molar-refractivity contribution is -0.135. The molecule has 0 aromatic heterocycles. The molecule has 0 rings (SSSR count). The van der Waals surface area contributed by atoms with Crippen LogP contribution in [0.15, 0.2) is 0 Å². The lowest BCUT2D eigenvalue weighted by atomic mass is 10.0. The van der Waals surface area contributed by atoms with Gasteiger partial charge >= 0.3 is 0 Å². The number of aliphatic hydroxyl groups excluding tert-OH is 1. The molecule has 12 heteroatoms. The zero-order chi connectivity index (χ0) is 25.6. The molecule has 0 bridgehead atoms. The van der Waals surface area contributed by atoms with Crippen molar-refractivity contribution in [3.63, 3.8) is 0 Å². The summed E-state index contributed by atoms with van der Waals surface area (Å²) in [6.45, 7) is 7.61. The van der Waals surface area contributed by atoms with Crippen LogP contribution in [0, 0.1) is 5.92 Å². The van der Waals surface area contributed by atoms with E-state index in [4.69, 9.17) is 11.5 Å². The van der Waals surface area contributed by atoms with Crippen LogP contribution in [-0.2, 0) is 19.2 Å². The van der Waals surface area contributed by atoms with E-state index >= 15 is 0 Å². The minimum Gasteiger partial charge on any atom is -0.391 e. The first-order chi connectivity index (χ1) is 15.5. The highest BCUT2D eigenvalue weighted by molar-refractivity contribution is 5.94. The summed E-state index contributed by atoms with van der Waals surface area (Å²) in [4.78, 5) is 50.4. The molecule has 0 radical (unpaired) electrons. The quantitative estimate of drug-likeness (QED) is 0.118. The van der Waals surface area contributed by atoms with Gasteiger partial charge in [0.05, 0.1) is 12.1 Å². The van der Waals surface area contributed by atoms with E-state index in [0.29, 0.717) is 13.0 Å². The summed E-state index contributed by atoms with van der Waals surface area (Å²) in [5.74, 6) is -1.88. The van der Waals surface area contributed by atoms with Crippen LogP contribution in [0.1, 0.15) is 47.0 Å². The van der Waals surface area contributed by atoms with Crippen molar-refractivity contribution in [2.45, 2.75) is 77.2 Å². The molecule has 0 unspecified atom stereocenters. The Morgan fingerprint density at radius 3 is 1.61 bits per heavy atom. The summed E-state index contributed by atoms with van der Waals surface area (Å²) in [5.41, 5.74) is 11.2. The summed E-state index contributed by atoms with van der Waals surface area (Å²) in [6.07, 6.45) is -0.312. The van der Waals surface area contributed by atoms with Gasteiger partial charge in [-0.25, -0.2) is 0 Å². The Kier molecular flexibility index (Phi) is 15.2. The third-order valence-corrected chi connectivity index (χ3v) is 4.96. The molecule has 0 aromatic rings. The predicted molar refractivity (Wildman–Crippen MR) is 126 cm³/mol. The summed E-state index contributed by atoms with van der Waals surface area (Å²) < 4.78 is 0. The second kappa shape index (κ2) is 16.4. The highest BCUT2D eigenvalue weighted by atomic mass is 16.3. The van der Waals surface area contributed by atoms with Crippen molar-refractivity contribution in [3.8, 4) is 0 Å². The van der Waals surface area contributed by atoms with Crippen molar-refractivity contribution >= 4 is 23.6 Å². The van der Waals surface area contributed by atoms with Crippen molar-refractivity contribution in [1.29, 1.82) is 0 Å². The van der Waals surface area contributed by atoms with Gasteiger partial charge in [-0.3, -0.25) is 19.2 Å². The number of hydrogen-bond donors (Lipinski definition) is 8. The topological polar surface area (TPSA) is 201 Å². The third kappa shape index (κ3) is 11.4. The van der Waals surface area contributed by atoms with E-state index < -0.39 is 48.0 Å². The molecule has 0 aromatic carbocycles. The Labute approximate surface area is 196 Å². The van der Waals surface area contributed by atoms with Gasteiger partial charge in [0.25, 0.3) is 0 Å². The molecule has 5 atom stereocenters. The molecule has 192 valence electrons. The SMILES string of the molecule is CCNC(=O)[C@@H](NC(=O)[C@H](CCN)NC(=O)[C@H](CCN)NC(=O)[C@H](CC(C)C)NC)[C@@H](C)O. The number of carbonyl (C=O) groups is 4. The van der Waals surface area contributed by atoms with E-state index in [1.54, 1.807) is 14.0 Å². The Bertz CT molecular complexity index is 630. The molecular weight excluding hydrogens is 430 g/mol. The molecule has 10 N–H and O–H groups in total. The highest BCUT2D eigenvalue weighted by Crippen LogP contribution is 2.06. The highest BCUT2D eigenvalue weighted by Gasteiger charge is 2.31. The Balaban J connectivity index is 5.38. The molecule has 4 amide bonds. The lowest BCUT2D eigenvalue weighted by Gasteiger charge is -2.27. The smallest absolute Gasteiger partial charge is 0.245 e. The van der Waals surface area contributed by atoms with E-state index in [0.717, 1.165) is 0 Å². The largest absolute Gasteiger partial charge is 0.391 e. The van der Waals surface area contributed by atoms with Crippen LogP contribution in [0.25, 0.3) is 0 Å². The number of hydrogen-bond acceptors (Lipinski definition) is 8. The summed E-state index contributed by atoms with van der Waals surface area (Å²) >= 11 is 0. The van der Waals surface area contributed by atoms with Crippen LogP contribution >= 0.6 is 0 Å². The fraction of sp³-hybridized carbons (Fsp3) is 0.810. The maximum Gasteiger partial charge on any atom is 0.245 e. The van der Waals surface area contributed by atoms with Gasteiger partial charge in [-0.15, -0.1) is 0 Å². The van der Waals surface area contributed by atoms with Crippen LogP contribution in [-0.4, -0.2) is 85.7 Å². The average Bonchev–Trinajstić information content (AvgIpc) is 2.74. The Morgan fingerprint density at radius 1 is 0.788 bits per heavy atom. The molecule has 0 aliphatic carbocycles. The summed E-state index contributed by atoms with van der Waals surface area (Å²) in [6, 6.07) is -3.69. The molecule has 0 heterocycles. The van der Waals surface area contributed by atoms with E-state index in [1.165, 1.54) is 6.92 Å². The van der Waals surface area contributed by atoms with Crippen molar-refractivity contribution in [3.05, 3.63) is 0 Å². The zero-order valence-corrected chi connectivity index (χ0v) is 20.4. The third-order valence-electron chi connectivity index (χ3n) is 4.96. The predicted octanol–water partition coefficient (Wildman–Crippen LogP) is -2.71. The van der Waals surface area contributed by atoms with Crippen LogP contribution in [0.2, 0.25) is 0 Å². The first-order valence-electron chi connectivity index (χ1n) is 11.5. The number of nitrogens with two attached hydrogens (primary N) is 2. The van der Waals surface area contributed by atoms with Crippen LogP contribution < -0.4 is 38.1 Å². The van der Waals surface area contributed by atoms with Crippen LogP contribution in [0.5, 0.6) is 0 Å². The van der Waals surface area contributed by atoms with Gasteiger partial charge in [0, 0.05) is 6.54 Å². The molecule has 33 heavy (non-hydrogen) atoms. The molecule has 0 aliphatic heterocycles. The van der Waals surface area contributed by atoms with Gasteiger partial charge in [0.15, 0.2) is 0 Å². The van der Waals surface area contributed by atoms with Crippen molar-refractivity contribution in [2.24, 2.45) is 17.4 Å². The van der Waals surface area contributed by atoms with Crippen LogP contribution in [0.3, 0.4) is 0 Å². The fourth-order valence-corrected chi connectivity index (χ4v) is 3.19. The zero-order valence-electron chi connectivity index (χ0n) is 20.4. The fourth-order valence-electron chi connectivity index (χ4n) is 3.19. The van der Waals surface area contributed by atoms with Gasteiger partial charge in [-0.2, -0.15) is 0 Å². The molecule has 0 aliphatic rings. The number of amides is 4. The van der Waals surface area contributed by atoms with Crippen LogP contribution in [0.4, 0.5) is 0 Å². The maximum atomic E-state index is 12.9. The second-order valence-electron chi connectivity index (χ2n) is 8.37. The summed E-state index contributed by atoms with van der Waals surface area (Å²) in [7, 11) is 1.67. The number of aliphatic hydroxyl groups is 1. The Hall–Kier alpha value is -2.28. The monoisotopic (exact) mass is 473 g/mol. The number of rotatable bonds is 16. The van der Waals surface area contributed by atoms with E-state index in [2.05, 4.69) is 26.6 Å².